The van der Waals surface area contributed by atoms with Gasteiger partial charge >= 0.3 is 0 Å². The molecule has 0 saturated heterocycles. The van der Waals surface area contributed by atoms with Gasteiger partial charge in [-0.3, -0.25) is 4.79 Å². The summed E-state index contributed by atoms with van der Waals surface area (Å²) >= 11 is 0. The van der Waals surface area contributed by atoms with Gasteiger partial charge in [0.1, 0.15) is 12.1 Å². The summed E-state index contributed by atoms with van der Waals surface area (Å²) in [6.45, 7) is 8.08. The topological polar surface area (TPSA) is 34.1 Å². The zero-order valence-electron chi connectivity index (χ0n) is 10.9. The summed E-state index contributed by atoms with van der Waals surface area (Å²) in [6.07, 6.45) is 7.11. The molecule has 0 aliphatic rings. The molecule has 0 N–H and O–H groups in total. The summed E-state index contributed by atoms with van der Waals surface area (Å²) in [5.74, 6) is 0.948. The maximum Gasteiger partial charge on any atom is 0.139 e. The highest BCUT2D eigenvalue weighted by molar-refractivity contribution is 5.83. The fourth-order valence-electron chi connectivity index (χ4n) is 1.67. The van der Waals surface area contributed by atoms with Crippen LogP contribution in [0.25, 0.3) is 0 Å². The van der Waals surface area contributed by atoms with Crippen LogP contribution in [0.2, 0.25) is 0 Å². The van der Waals surface area contributed by atoms with Crippen LogP contribution in [0, 0.1) is 17.8 Å². The molecule has 0 spiro atoms. The Kier molecular flexibility index (Phi) is 7.78. The van der Waals surface area contributed by atoms with Crippen LogP contribution >= 0.6 is 0 Å². The molecule has 0 aromatic heterocycles. The standard InChI is InChI=1S/C14H24O2/c1-11(2)13(14(16)12(3)4)9-7-5-6-8-10-15/h5,7,10-13H,6,8-9H2,1-4H3. The van der Waals surface area contributed by atoms with Crippen LogP contribution in [0.1, 0.15) is 47.0 Å². The van der Waals surface area contributed by atoms with Crippen molar-refractivity contribution in [3.8, 4) is 0 Å². The van der Waals surface area contributed by atoms with Gasteiger partial charge < -0.3 is 4.79 Å². The van der Waals surface area contributed by atoms with Crippen LogP contribution in [0.5, 0.6) is 0 Å². The SMILES string of the molecule is CC(C)C(=O)C(CC=CCCC=O)C(C)C. The minimum atomic E-state index is 0.107. The third kappa shape index (κ3) is 5.84. The number of carbonyl (C=O) groups excluding carboxylic acids is 2. The normalized spacial score (nSPS) is 13.6. The van der Waals surface area contributed by atoms with E-state index < -0.39 is 0 Å². The van der Waals surface area contributed by atoms with Crippen molar-refractivity contribution in [2.45, 2.75) is 47.0 Å². The summed E-state index contributed by atoms with van der Waals surface area (Å²) < 4.78 is 0. The van der Waals surface area contributed by atoms with Gasteiger partial charge in [0, 0.05) is 18.3 Å². The maximum atomic E-state index is 11.9. The van der Waals surface area contributed by atoms with Crippen LogP contribution in [-0.2, 0) is 9.59 Å². The summed E-state index contributed by atoms with van der Waals surface area (Å²) in [5.41, 5.74) is 0. The minimum Gasteiger partial charge on any atom is -0.303 e. The Labute approximate surface area is 99.1 Å². The number of ketones is 1. The third-order valence-electron chi connectivity index (χ3n) is 2.75. The molecule has 2 heteroatoms. The average Bonchev–Trinajstić information content (AvgIpc) is 2.21. The van der Waals surface area contributed by atoms with E-state index in [1.807, 2.05) is 26.0 Å². The molecule has 16 heavy (non-hydrogen) atoms. The zero-order valence-corrected chi connectivity index (χ0v) is 10.9. The van der Waals surface area contributed by atoms with Gasteiger partial charge in [-0.05, 0) is 18.8 Å². The Bertz CT molecular complexity index is 239. The minimum absolute atomic E-state index is 0.107. The lowest BCUT2D eigenvalue weighted by Crippen LogP contribution is -2.24. The van der Waals surface area contributed by atoms with Crippen molar-refractivity contribution in [3.63, 3.8) is 0 Å². The first-order valence-corrected chi connectivity index (χ1v) is 6.13. The van der Waals surface area contributed by atoms with E-state index in [-0.39, 0.29) is 11.8 Å². The van der Waals surface area contributed by atoms with Crippen LogP contribution in [0.3, 0.4) is 0 Å². The monoisotopic (exact) mass is 224 g/mol. The van der Waals surface area contributed by atoms with Crippen molar-refractivity contribution in [1.29, 1.82) is 0 Å². The molecule has 2 nitrogen and oxygen atoms in total. The largest absolute Gasteiger partial charge is 0.303 e. The number of Topliss-reactive ketones (excluding diaryl/α,β-unsaturated/α-hetero) is 1. The van der Waals surface area contributed by atoms with Crippen molar-refractivity contribution in [2.24, 2.45) is 17.8 Å². The second-order valence-electron chi connectivity index (χ2n) is 4.86. The molecule has 0 aromatic carbocycles. The lowest BCUT2D eigenvalue weighted by molar-refractivity contribution is -0.127. The molecule has 0 aliphatic heterocycles. The Balaban J connectivity index is 4.19. The van der Waals surface area contributed by atoms with Crippen LogP contribution in [0.15, 0.2) is 12.2 Å². The summed E-state index contributed by atoms with van der Waals surface area (Å²) in [5, 5.41) is 0. The van der Waals surface area contributed by atoms with Gasteiger partial charge in [-0.15, -0.1) is 0 Å². The second-order valence-corrected chi connectivity index (χ2v) is 4.86. The lowest BCUT2D eigenvalue weighted by atomic mass is 9.84. The quantitative estimate of drug-likeness (QED) is 0.360. The van der Waals surface area contributed by atoms with Crippen LogP contribution in [0.4, 0.5) is 0 Å². The summed E-state index contributed by atoms with van der Waals surface area (Å²) in [6, 6.07) is 0. The molecular formula is C14H24O2. The van der Waals surface area contributed by atoms with Gasteiger partial charge in [-0.2, -0.15) is 0 Å². The van der Waals surface area contributed by atoms with Gasteiger partial charge in [0.25, 0.3) is 0 Å². The highest BCUT2D eigenvalue weighted by Crippen LogP contribution is 2.20. The fourth-order valence-corrected chi connectivity index (χ4v) is 1.67. The first-order valence-electron chi connectivity index (χ1n) is 6.13. The number of carbonyl (C=O) groups is 2. The molecule has 0 radical (unpaired) electrons. The molecular weight excluding hydrogens is 200 g/mol. The van der Waals surface area contributed by atoms with E-state index in [1.165, 1.54) is 0 Å². The molecule has 1 unspecified atom stereocenters. The molecule has 0 heterocycles. The van der Waals surface area contributed by atoms with E-state index >= 15 is 0 Å². The van der Waals surface area contributed by atoms with Crippen molar-refractivity contribution in [2.75, 3.05) is 0 Å². The molecule has 0 rings (SSSR count). The molecule has 1 atom stereocenters. The van der Waals surface area contributed by atoms with Gasteiger partial charge in [0.2, 0.25) is 0 Å². The number of allylic oxidation sites excluding steroid dienone is 2. The predicted octanol–water partition coefficient (Wildman–Crippen LogP) is 3.41. The van der Waals surface area contributed by atoms with E-state index in [0.717, 1.165) is 19.1 Å². The number of aldehydes is 1. The number of rotatable bonds is 8. The first kappa shape index (κ1) is 15.1. The first-order chi connectivity index (χ1) is 7.50. The molecule has 0 aromatic rings. The molecule has 92 valence electrons. The third-order valence-corrected chi connectivity index (χ3v) is 2.75. The second kappa shape index (κ2) is 8.26. The van der Waals surface area contributed by atoms with E-state index in [9.17, 15) is 9.59 Å². The highest BCUT2D eigenvalue weighted by atomic mass is 16.1. The van der Waals surface area contributed by atoms with E-state index in [4.69, 9.17) is 0 Å². The molecule has 0 aliphatic carbocycles. The number of hydrogen-bond acceptors (Lipinski definition) is 2. The van der Waals surface area contributed by atoms with Crippen LogP contribution < -0.4 is 0 Å². The lowest BCUT2D eigenvalue weighted by Gasteiger charge is -2.19. The van der Waals surface area contributed by atoms with Crippen molar-refractivity contribution in [3.05, 3.63) is 12.2 Å². The van der Waals surface area contributed by atoms with Gasteiger partial charge in [0.05, 0.1) is 0 Å². The van der Waals surface area contributed by atoms with E-state index in [1.54, 1.807) is 0 Å². The number of unbranched alkanes of at least 4 members (excludes halogenated alkanes) is 1. The highest BCUT2D eigenvalue weighted by Gasteiger charge is 2.22. The Morgan fingerprint density at radius 1 is 1.06 bits per heavy atom. The Morgan fingerprint density at radius 2 is 1.69 bits per heavy atom. The molecule has 0 bridgehead atoms. The molecule has 0 amide bonds. The zero-order chi connectivity index (χ0) is 12.6. The Hall–Kier alpha value is -0.920. The summed E-state index contributed by atoms with van der Waals surface area (Å²) in [7, 11) is 0. The van der Waals surface area contributed by atoms with Gasteiger partial charge in [-0.25, -0.2) is 0 Å². The fraction of sp³-hybridized carbons (Fsp3) is 0.714. The van der Waals surface area contributed by atoms with E-state index in [2.05, 4.69) is 13.8 Å². The summed E-state index contributed by atoms with van der Waals surface area (Å²) in [4.78, 5) is 22.0. The smallest absolute Gasteiger partial charge is 0.139 e. The van der Waals surface area contributed by atoms with Gasteiger partial charge in [-0.1, -0.05) is 39.8 Å². The van der Waals surface area contributed by atoms with E-state index in [0.29, 0.717) is 18.1 Å². The average molecular weight is 224 g/mol. The van der Waals surface area contributed by atoms with Crippen molar-refractivity contribution < 1.29 is 9.59 Å². The predicted molar refractivity (Wildman–Crippen MR) is 67.2 cm³/mol. The molecule has 0 saturated carbocycles. The van der Waals surface area contributed by atoms with Crippen molar-refractivity contribution >= 4 is 12.1 Å². The Morgan fingerprint density at radius 3 is 2.12 bits per heavy atom. The van der Waals surface area contributed by atoms with Crippen molar-refractivity contribution in [1.82, 2.24) is 0 Å². The van der Waals surface area contributed by atoms with Crippen LogP contribution in [-0.4, -0.2) is 12.1 Å². The maximum absolute atomic E-state index is 11.9. The van der Waals surface area contributed by atoms with Gasteiger partial charge in [0.15, 0.2) is 0 Å². The number of hydrogen-bond donors (Lipinski definition) is 0. The molecule has 0 fully saturated rings.